The van der Waals surface area contributed by atoms with E-state index in [1.54, 1.807) is 61.5 Å². The minimum absolute atomic E-state index is 0.122. The van der Waals surface area contributed by atoms with Crippen molar-refractivity contribution in [3.05, 3.63) is 95.6 Å². The second kappa shape index (κ2) is 11.9. The van der Waals surface area contributed by atoms with Crippen LogP contribution in [0.25, 0.3) is 5.57 Å². The molecule has 3 aromatic carbocycles. The standard InChI is InChI=1S/C30H29F2N3O4/c1-3-33-27(36)19-24-22-9-5-7-11-25(22)35(18-17-30(24,31)32)29(38)20-13-15-21(16-14-20)34-28(37)23-10-6-8-12-26(23)39-4-2/h5-16,19H,3-4,17-18H2,1-2H3,(H,33,36)(H,34,37). The molecule has 3 aromatic rings. The zero-order valence-corrected chi connectivity index (χ0v) is 21.7. The van der Waals surface area contributed by atoms with Gasteiger partial charge in [0.05, 0.1) is 17.9 Å². The Balaban J connectivity index is 1.59. The lowest BCUT2D eigenvalue weighted by molar-refractivity contribution is -0.116. The van der Waals surface area contributed by atoms with Crippen LogP contribution in [0.15, 0.2) is 78.9 Å². The van der Waals surface area contributed by atoms with Gasteiger partial charge in [-0.2, -0.15) is 0 Å². The predicted octanol–water partition coefficient (Wildman–Crippen LogP) is 5.54. The van der Waals surface area contributed by atoms with Gasteiger partial charge in [-0.15, -0.1) is 0 Å². The van der Waals surface area contributed by atoms with E-state index in [2.05, 4.69) is 10.6 Å². The topological polar surface area (TPSA) is 87.7 Å². The Bertz CT molecular complexity index is 1400. The van der Waals surface area contributed by atoms with Crippen LogP contribution in [-0.2, 0) is 4.79 Å². The number of halogens is 2. The highest BCUT2D eigenvalue weighted by molar-refractivity contribution is 6.10. The quantitative estimate of drug-likeness (QED) is 0.390. The fraction of sp³-hybridized carbons (Fsp3) is 0.233. The summed E-state index contributed by atoms with van der Waals surface area (Å²) in [7, 11) is 0. The normalized spacial score (nSPS) is 15.2. The van der Waals surface area contributed by atoms with Crippen LogP contribution in [0.4, 0.5) is 20.2 Å². The maximum atomic E-state index is 15.2. The molecule has 202 valence electrons. The summed E-state index contributed by atoms with van der Waals surface area (Å²) in [5.41, 5.74) is 1.08. The van der Waals surface area contributed by atoms with E-state index in [0.717, 1.165) is 6.08 Å². The average Bonchev–Trinajstić information content (AvgIpc) is 3.03. The molecule has 1 heterocycles. The van der Waals surface area contributed by atoms with E-state index >= 15 is 8.78 Å². The Morgan fingerprint density at radius 3 is 2.38 bits per heavy atom. The summed E-state index contributed by atoms with van der Waals surface area (Å²) >= 11 is 0. The maximum Gasteiger partial charge on any atom is 0.275 e. The number of nitrogens with one attached hydrogen (secondary N) is 2. The van der Waals surface area contributed by atoms with Crippen LogP contribution < -0.4 is 20.3 Å². The number of fused-ring (bicyclic) bond motifs is 1. The van der Waals surface area contributed by atoms with Crippen LogP contribution in [0, 0.1) is 0 Å². The second-order valence-electron chi connectivity index (χ2n) is 8.84. The highest BCUT2D eigenvalue weighted by atomic mass is 19.3. The molecule has 0 atom stereocenters. The number of likely N-dealkylation sites (N-methyl/N-ethyl adjacent to an activating group) is 1. The smallest absolute Gasteiger partial charge is 0.275 e. The van der Waals surface area contributed by atoms with E-state index < -0.39 is 29.7 Å². The highest BCUT2D eigenvalue weighted by Gasteiger charge is 2.41. The monoisotopic (exact) mass is 533 g/mol. The Morgan fingerprint density at radius 2 is 1.67 bits per heavy atom. The van der Waals surface area contributed by atoms with E-state index in [1.807, 2.05) is 6.92 Å². The van der Waals surface area contributed by atoms with Crippen molar-refractivity contribution in [2.75, 3.05) is 29.9 Å². The van der Waals surface area contributed by atoms with Gasteiger partial charge in [0.25, 0.3) is 17.7 Å². The number of rotatable bonds is 7. The van der Waals surface area contributed by atoms with Gasteiger partial charge in [-0.05, 0) is 56.3 Å². The predicted molar refractivity (Wildman–Crippen MR) is 146 cm³/mol. The van der Waals surface area contributed by atoms with Crippen LogP contribution in [0.1, 0.15) is 46.5 Å². The number of hydrogen-bond donors (Lipinski definition) is 2. The van der Waals surface area contributed by atoms with E-state index in [4.69, 9.17) is 4.74 Å². The average molecular weight is 534 g/mol. The molecule has 0 saturated carbocycles. The second-order valence-corrected chi connectivity index (χ2v) is 8.84. The van der Waals surface area contributed by atoms with Gasteiger partial charge >= 0.3 is 0 Å². The van der Waals surface area contributed by atoms with Crippen molar-refractivity contribution >= 4 is 34.7 Å². The lowest BCUT2D eigenvalue weighted by Crippen LogP contribution is -2.33. The number of nitrogens with zero attached hydrogens (tertiary/aromatic N) is 1. The summed E-state index contributed by atoms with van der Waals surface area (Å²) in [6.45, 7) is 4.00. The van der Waals surface area contributed by atoms with Gasteiger partial charge in [0.1, 0.15) is 5.75 Å². The minimum atomic E-state index is -3.32. The van der Waals surface area contributed by atoms with Crippen LogP contribution in [-0.4, -0.2) is 43.3 Å². The van der Waals surface area contributed by atoms with E-state index in [1.165, 1.54) is 23.1 Å². The third kappa shape index (κ3) is 6.14. The number of alkyl halides is 2. The molecule has 7 nitrogen and oxygen atoms in total. The van der Waals surface area contributed by atoms with Crippen molar-refractivity contribution in [1.29, 1.82) is 0 Å². The van der Waals surface area contributed by atoms with Gasteiger partial charge in [-0.1, -0.05) is 30.3 Å². The van der Waals surface area contributed by atoms with Gasteiger partial charge in [0.15, 0.2) is 0 Å². The molecule has 1 aliphatic rings. The molecule has 0 saturated heterocycles. The first-order valence-corrected chi connectivity index (χ1v) is 12.7. The molecule has 0 spiro atoms. The molecule has 4 rings (SSSR count). The minimum Gasteiger partial charge on any atom is -0.493 e. The van der Waals surface area contributed by atoms with Gasteiger partial charge in [-0.25, -0.2) is 8.78 Å². The van der Waals surface area contributed by atoms with Crippen molar-refractivity contribution in [2.45, 2.75) is 26.2 Å². The van der Waals surface area contributed by atoms with E-state index in [-0.39, 0.29) is 23.6 Å². The van der Waals surface area contributed by atoms with Gasteiger partial charge in [0, 0.05) is 48.0 Å². The number of benzene rings is 3. The first kappa shape index (κ1) is 27.5. The summed E-state index contributed by atoms with van der Waals surface area (Å²) in [6, 6.07) is 19.4. The molecule has 0 aliphatic carbocycles. The molecule has 1 aliphatic heterocycles. The fourth-order valence-corrected chi connectivity index (χ4v) is 4.38. The number of ether oxygens (including phenoxy) is 1. The number of carbonyl (C=O) groups is 3. The van der Waals surface area contributed by atoms with Gasteiger partial charge in [0.2, 0.25) is 5.91 Å². The number of carbonyl (C=O) groups excluding carboxylic acids is 3. The molecule has 0 unspecified atom stereocenters. The number of para-hydroxylation sites is 2. The molecular weight excluding hydrogens is 504 g/mol. The van der Waals surface area contributed by atoms with Gasteiger partial charge < -0.3 is 20.3 Å². The van der Waals surface area contributed by atoms with E-state index in [0.29, 0.717) is 35.8 Å². The molecule has 0 radical (unpaired) electrons. The molecule has 0 aromatic heterocycles. The SMILES string of the molecule is CCNC(=O)C=C1c2ccccc2N(C(=O)c2ccc(NC(=O)c3ccccc3OCC)cc2)CCC1(F)F. The molecule has 2 N–H and O–H groups in total. The molecule has 9 heteroatoms. The molecular formula is C30H29F2N3O4. The third-order valence-electron chi connectivity index (χ3n) is 6.22. The first-order chi connectivity index (χ1) is 18.7. The summed E-state index contributed by atoms with van der Waals surface area (Å²) in [4.78, 5) is 39.8. The van der Waals surface area contributed by atoms with Crippen LogP contribution in [0.2, 0.25) is 0 Å². The van der Waals surface area contributed by atoms with Crippen LogP contribution in [0.3, 0.4) is 0 Å². The summed E-state index contributed by atoms with van der Waals surface area (Å²) in [6.07, 6.45) is 0.267. The molecule has 0 fully saturated rings. The maximum absolute atomic E-state index is 15.2. The van der Waals surface area contributed by atoms with Crippen molar-refractivity contribution in [2.24, 2.45) is 0 Å². The molecule has 0 bridgehead atoms. The van der Waals surface area contributed by atoms with Crippen molar-refractivity contribution in [3.63, 3.8) is 0 Å². The molecule has 39 heavy (non-hydrogen) atoms. The van der Waals surface area contributed by atoms with Crippen molar-refractivity contribution in [1.82, 2.24) is 5.32 Å². The lowest BCUT2D eigenvalue weighted by Gasteiger charge is -2.23. The highest BCUT2D eigenvalue weighted by Crippen LogP contribution is 2.43. The van der Waals surface area contributed by atoms with Crippen LogP contribution in [0.5, 0.6) is 5.75 Å². The lowest BCUT2D eigenvalue weighted by atomic mass is 9.97. The Morgan fingerprint density at radius 1 is 0.974 bits per heavy atom. The largest absolute Gasteiger partial charge is 0.493 e. The Kier molecular flexibility index (Phi) is 8.39. The third-order valence-corrected chi connectivity index (χ3v) is 6.22. The number of allylic oxidation sites excluding steroid dienone is 1. The number of hydrogen-bond acceptors (Lipinski definition) is 4. The zero-order chi connectivity index (χ0) is 28.0. The Hall–Kier alpha value is -4.53. The van der Waals surface area contributed by atoms with E-state index in [9.17, 15) is 14.4 Å². The number of anilines is 2. The summed E-state index contributed by atoms with van der Waals surface area (Å²) in [5, 5.41) is 5.30. The summed E-state index contributed by atoms with van der Waals surface area (Å²) in [5.74, 6) is -4.32. The first-order valence-electron chi connectivity index (χ1n) is 12.7. The molecule has 3 amide bonds. The Labute approximate surface area is 225 Å². The summed E-state index contributed by atoms with van der Waals surface area (Å²) < 4.78 is 35.9. The van der Waals surface area contributed by atoms with Gasteiger partial charge in [-0.3, -0.25) is 14.4 Å². The zero-order valence-electron chi connectivity index (χ0n) is 21.7. The van der Waals surface area contributed by atoms with Crippen molar-refractivity contribution in [3.8, 4) is 5.75 Å². The van der Waals surface area contributed by atoms with Crippen molar-refractivity contribution < 1.29 is 27.9 Å². The fourth-order valence-electron chi connectivity index (χ4n) is 4.38. The number of amides is 3. The van der Waals surface area contributed by atoms with Crippen LogP contribution >= 0.6 is 0 Å².